The van der Waals surface area contributed by atoms with Gasteiger partial charge >= 0.3 is 5.97 Å². The molecule has 2 fully saturated rings. The average Bonchev–Trinajstić information content (AvgIpc) is 3.87. The minimum Gasteiger partial charge on any atom is -0.455 e. The number of aliphatic hydroxyl groups excluding tert-OH is 1. The van der Waals surface area contributed by atoms with Crippen molar-refractivity contribution in [2.45, 2.75) is 178 Å². The Kier molecular flexibility index (Phi) is 21.9. The monoisotopic (exact) mass is 702 g/mol. The van der Waals surface area contributed by atoms with Gasteiger partial charge in [-0.05, 0) is 82.9 Å². The van der Waals surface area contributed by atoms with Crippen LogP contribution in [0.3, 0.4) is 0 Å². The first-order valence-electron chi connectivity index (χ1n) is 19.4. The van der Waals surface area contributed by atoms with Gasteiger partial charge in [-0.1, -0.05) is 82.3 Å². The molecule has 3 rings (SSSR count). The van der Waals surface area contributed by atoms with Crippen molar-refractivity contribution in [1.82, 2.24) is 0 Å². The van der Waals surface area contributed by atoms with Crippen LogP contribution in [0.4, 0.5) is 0 Å². The van der Waals surface area contributed by atoms with Gasteiger partial charge in [-0.25, -0.2) is 4.79 Å². The number of hydrogen-bond donors (Lipinski definition) is 1. The molecule has 284 valence electrons. The van der Waals surface area contributed by atoms with Crippen LogP contribution in [0.2, 0.25) is 0 Å². The Balaban J connectivity index is 1.35. The van der Waals surface area contributed by atoms with Crippen LogP contribution in [0, 0.1) is 11.8 Å². The third kappa shape index (κ3) is 16.5. The SMILES string of the molecule is CCCCCCCCCC[C@@H](OCOC)[C@H]1CC[C@H]([C@H]2CC[C@H]([C@@H](/C=C/CCCC#C/C=C/[C@H](O)CCC3=C[C@H](C)OC3=O)OCOC)O2)O1. The Morgan fingerprint density at radius 2 is 1.56 bits per heavy atom. The van der Waals surface area contributed by atoms with Crippen molar-refractivity contribution < 1.29 is 43.1 Å². The fourth-order valence-electron chi connectivity index (χ4n) is 6.93. The molecule has 0 radical (unpaired) electrons. The minimum atomic E-state index is -0.642. The molecule has 8 atom stereocenters. The summed E-state index contributed by atoms with van der Waals surface area (Å²) in [7, 11) is 3.31. The van der Waals surface area contributed by atoms with Gasteiger partial charge in [0.05, 0.1) is 36.6 Å². The Labute approximate surface area is 302 Å². The summed E-state index contributed by atoms with van der Waals surface area (Å²) >= 11 is 0. The molecule has 3 heterocycles. The first-order chi connectivity index (χ1) is 24.4. The zero-order valence-corrected chi connectivity index (χ0v) is 31.4. The van der Waals surface area contributed by atoms with E-state index in [0.717, 1.165) is 57.8 Å². The van der Waals surface area contributed by atoms with E-state index in [1.54, 1.807) is 26.4 Å². The van der Waals surface area contributed by atoms with Crippen molar-refractivity contribution >= 4 is 5.97 Å². The molecule has 9 heteroatoms. The average molecular weight is 703 g/mol. The molecule has 2 saturated heterocycles. The van der Waals surface area contributed by atoms with Crippen molar-refractivity contribution in [3.63, 3.8) is 0 Å². The third-order valence-corrected chi connectivity index (χ3v) is 9.69. The molecule has 0 unspecified atom stereocenters. The van der Waals surface area contributed by atoms with Crippen LogP contribution in [0.1, 0.15) is 129 Å². The maximum atomic E-state index is 11.7. The van der Waals surface area contributed by atoms with Crippen LogP contribution in [0.5, 0.6) is 0 Å². The number of unbranched alkanes of at least 4 members (excludes halogenated alkanes) is 9. The van der Waals surface area contributed by atoms with Gasteiger partial charge in [0.2, 0.25) is 0 Å². The van der Waals surface area contributed by atoms with E-state index in [4.69, 9.17) is 33.2 Å². The topological polar surface area (TPSA) is 102 Å². The second kappa shape index (κ2) is 25.8. The molecule has 0 bridgehead atoms. The molecule has 0 aromatic carbocycles. The van der Waals surface area contributed by atoms with E-state index >= 15 is 0 Å². The van der Waals surface area contributed by atoms with Crippen LogP contribution in [-0.2, 0) is 38.0 Å². The van der Waals surface area contributed by atoms with Crippen molar-refractivity contribution in [1.29, 1.82) is 0 Å². The maximum absolute atomic E-state index is 11.7. The van der Waals surface area contributed by atoms with Gasteiger partial charge in [0.1, 0.15) is 25.8 Å². The van der Waals surface area contributed by atoms with Crippen LogP contribution in [0.15, 0.2) is 36.0 Å². The lowest BCUT2D eigenvalue weighted by Gasteiger charge is -2.26. The smallest absolute Gasteiger partial charge is 0.334 e. The van der Waals surface area contributed by atoms with Gasteiger partial charge in [-0.15, -0.1) is 0 Å². The number of rotatable bonds is 26. The van der Waals surface area contributed by atoms with Gasteiger partial charge in [0, 0.05) is 26.2 Å². The molecule has 3 aliphatic rings. The van der Waals surface area contributed by atoms with E-state index < -0.39 is 6.10 Å². The summed E-state index contributed by atoms with van der Waals surface area (Å²) in [4.78, 5) is 11.7. The summed E-state index contributed by atoms with van der Waals surface area (Å²) in [5.74, 6) is 5.85. The highest BCUT2D eigenvalue weighted by atomic mass is 16.7. The molecule has 0 saturated carbocycles. The second-order valence-electron chi connectivity index (χ2n) is 13.9. The highest BCUT2D eigenvalue weighted by molar-refractivity contribution is 5.90. The number of aliphatic hydroxyl groups is 1. The number of methoxy groups -OCH3 is 2. The number of carbonyl (C=O) groups excluding carboxylic acids is 1. The summed E-state index contributed by atoms with van der Waals surface area (Å²) in [5, 5.41) is 10.2. The van der Waals surface area contributed by atoms with E-state index in [9.17, 15) is 9.90 Å². The molecule has 0 spiro atoms. The normalized spacial score (nSPS) is 25.6. The van der Waals surface area contributed by atoms with Crippen molar-refractivity contribution in [2.75, 3.05) is 27.8 Å². The lowest BCUT2D eigenvalue weighted by molar-refractivity contribution is -0.151. The first-order valence-corrected chi connectivity index (χ1v) is 19.4. The maximum Gasteiger partial charge on any atom is 0.334 e. The Morgan fingerprint density at radius 1 is 0.880 bits per heavy atom. The van der Waals surface area contributed by atoms with Gasteiger partial charge in [-0.3, -0.25) is 0 Å². The van der Waals surface area contributed by atoms with E-state index in [0.29, 0.717) is 25.2 Å². The van der Waals surface area contributed by atoms with Crippen molar-refractivity contribution in [3.05, 3.63) is 36.0 Å². The lowest BCUT2D eigenvalue weighted by Crippen LogP contribution is -2.34. The van der Waals surface area contributed by atoms with Crippen molar-refractivity contribution in [2.24, 2.45) is 0 Å². The minimum absolute atomic E-state index is 0.0396. The Hall–Kier alpha value is -2.03. The van der Waals surface area contributed by atoms with Crippen molar-refractivity contribution in [3.8, 4) is 11.8 Å². The summed E-state index contributed by atoms with van der Waals surface area (Å²) in [5.41, 5.74) is 0.636. The Morgan fingerprint density at radius 3 is 2.26 bits per heavy atom. The molecule has 3 aliphatic heterocycles. The summed E-state index contributed by atoms with van der Waals surface area (Å²) in [6.45, 7) is 4.60. The molecule has 50 heavy (non-hydrogen) atoms. The molecule has 0 aromatic rings. The molecule has 1 N–H and O–H groups in total. The van der Waals surface area contributed by atoms with E-state index in [1.807, 2.05) is 13.0 Å². The Bertz CT molecular complexity index is 1080. The van der Waals surface area contributed by atoms with Gasteiger partial charge < -0.3 is 38.3 Å². The van der Waals surface area contributed by atoms with E-state index in [2.05, 4.69) is 30.9 Å². The van der Waals surface area contributed by atoms with Gasteiger partial charge in [0.25, 0.3) is 0 Å². The highest BCUT2D eigenvalue weighted by Crippen LogP contribution is 2.35. The van der Waals surface area contributed by atoms with Gasteiger partial charge in [0.15, 0.2) is 0 Å². The number of cyclic esters (lactones) is 1. The van der Waals surface area contributed by atoms with Gasteiger partial charge in [-0.2, -0.15) is 0 Å². The number of hydrogen-bond acceptors (Lipinski definition) is 9. The quantitative estimate of drug-likeness (QED) is 0.0317. The number of ether oxygens (including phenoxy) is 7. The predicted octanol–water partition coefficient (Wildman–Crippen LogP) is 7.89. The lowest BCUT2D eigenvalue weighted by atomic mass is 10.0. The molecule has 0 aliphatic carbocycles. The molecular weight excluding hydrogens is 636 g/mol. The third-order valence-electron chi connectivity index (χ3n) is 9.69. The molecule has 0 amide bonds. The zero-order valence-electron chi connectivity index (χ0n) is 31.4. The fourth-order valence-corrected chi connectivity index (χ4v) is 6.93. The van der Waals surface area contributed by atoms with Crippen LogP contribution >= 0.6 is 0 Å². The molecular formula is C41H66O9. The second-order valence-corrected chi connectivity index (χ2v) is 13.9. The summed E-state index contributed by atoms with van der Waals surface area (Å²) in [6, 6.07) is 0. The van der Waals surface area contributed by atoms with E-state index in [-0.39, 0.29) is 55.5 Å². The van der Waals surface area contributed by atoms with Crippen LogP contribution in [0.25, 0.3) is 0 Å². The number of allylic oxidation sites excluding steroid dienone is 2. The van der Waals surface area contributed by atoms with Crippen LogP contribution < -0.4 is 0 Å². The summed E-state index contributed by atoms with van der Waals surface area (Å²) < 4.78 is 40.9. The summed E-state index contributed by atoms with van der Waals surface area (Å²) in [6.07, 6.45) is 27.4. The fraction of sp³-hybridized carbons (Fsp3) is 0.780. The van der Waals surface area contributed by atoms with Crippen LogP contribution in [-0.4, -0.2) is 87.7 Å². The standard InChI is InChI=1S/C41H66O9/c1-5-6-7-8-9-12-15-18-21-35(46-30-44-3)37-25-27-39(49-37)40-28-26-38(50-40)36(47-31-45-4)22-19-16-13-10-11-14-17-20-34(42)24-23-33-29-32(2)48-41(33)43/h17,19-20,22,29,32,34-40,42H,5-10,12-13,15-16,18,21,23-28,30-31H2,1-4H3/b20-17+,22-19+/t32-,34-,35+,36+,37+,38+,39+,40+/m0/s1. The highest BCUT2D eigenvalue weighted by Gasteiger charge is 2.41. The number of esters is 1. The first kappa shape index (κ1) is 42.4. The molecule has 0 aromatic heterocycles. The molecule has 9 nitrogen and oxygen atoms in total. The number of carbonyl (C=O) groups is 1. The predicted molar refractivity (Wildman–Crippen MR) is 195 cm³/mol. The largest absolute Gasteiger partial charge is 0.455 e. The zero-order chi connectivity index (χ0) is 35.8. The van der Waals surface area contributed by atoms with E-state index in [1.165, 1.54) is 44.9 Å².